The second-order valence-electron chi connectivity index (χ2n) is 6.11. The van der Waals surface area contributed by atoms with Gasteiger partial charge in [0.25, 0.3) is 0 Å². The molecule has 0 aliphatic rings. The Hall–Kier alpha value is -3.12. The summed E-state index contributed by atoms with van der Waals surface area (Å²) in [5.41, 5.74) is 1.40. The number of rotatable bonds is 6. The number of carbonyl (C=O) groups excluding carboxylic acids is 1. The van der Waals surface area contributed by atoms with Crippen molar-refractivity contribution in [2.75, 3.05) is 7.11 Å². The summed E-state index contributed by atoms with van der Waals surface area (Å²) in [6.07, 6.45) is 6.45. The van der Waals surface area contributed by atoms with Gasteiger partial charge in [-0.1, -0.05) is 23.7 Å². The SMILES string of the molecule is COc1ccc(Cl)cc1C=CC(=O)NC(c1ccc(F)cc1)c1nccn1C. The molecule has 1 amide bonds. The minimum Gasteiger partial charge on any atom is -0.496 e. The van der Waals surface area contributed by atoms with Gasteiger partial charge in [-0.3, -0.25) is 4.79 Å². The van der Waals surface area contributed by atoms with Crippen molar-refractivity contribution < 1.29 is 13.9 Å². The van der Waals surface area contributed by atoms with Gasteiger partial charge in [0.05, 0.1) is 7.11 Å². The highest BCUT2D eigenvalue weighted by Gasteiger charge is 2.20. The first-order chi connectivity index (χ1) is 13.5. The Labute approximate surface area is 167 Å². The van der Waals surface area contributed by atoms with E-state index in [1.54, 1.807) is 60.5 Å². The third kappa shape index (κ3) is 4.58. The number of nitrogens with zero attached hydrogens (tertiary/aromatic N) is 2. The number of aromatic nitrogens is 2. The number of amides is 1. The molecule has 0 aliphatic heterocycles. The highest BCUT2D eigenvalue weighted by Crippen LogP contribution is 2.24. The van der Waals surface area contributed by atoms with E-state index in [1.165, 1.54) is 18.2 Å². The van der Waals surface area contributed by atoms with E-state index in [2.05, 4.69) is 10.3 Å². The van der Waals surface area contributed by atoms with Crippen LogP contribution in [0.25, 0.3) is 6.08 Å². The third-order valence-corrected chi connectivity index (χ3v) is 4.45. The third-order valence-electron chi connectivity index (χ3n) is 4.21. The van der Waals surface area contributed by atoms with Gasteiger partial charge in [0.1, 0.15) is 23.4 Å². The number of hydrogen-bond acceptors (Lipinski definition) is 3. The van der Waals surface area contributed by atoms with E-state index in [0.29, 0.717) is 22.2 Å². The minimum atomic E-state index is -0.529. The first-order valence-corrected chi connectivity index (χ1v) is 8.90. The maximum atomic E-state index is 13.3. The van der Waals surface area contributed by atoms with Crippen molar-refractivity contribution in [3.05, 3.63) is 88.7 Å². The molecule has 0 spiro atoms. The van der Waals surface area contributed by atoms with Gasteiger partial charge in [0, 0.05) is 36.1 Å². The fourth-order valence-corrected chi connectivity index (χ4v) is 2.98. The molecule has 1 heterocycles. The fourth-order valence-electron chi connectivity index (χ4n) is 2.80. The molecule has 1 atom stereocenters. The molecule has 0 saturated carbocycles. The summed E-state index contributed by atoms with van der Waals surface area (Å²) in [6, 6.07) is 10.6. The molecule has 5 nitrogen and oxygen atoms in total. The number of carbonyl (C=O) groups is 1. The van der Waals surface area contributed by atoms with E-state index < -0.39 is 6.04 Å². The van der Waals surface area contributed by atoms with Crippen molar-refractivity contribution in [3.8, 4) is 5.75 Å². The van der Waals surface area contributed by atoms with Crippen LogP contribution in [0.1, 0.15) is 23.0 Å². The van der Waals surface area contributed by atoms with E-state index in [-0.39, 0.29) is 11.7 Å². The molecule has 0 radical (unpaired) electrons. The molecule has 1 aromatic heterocycles. The molecule has 1 unspecified atom stereocenters. The van der Waals surface area contributed by atoms with Gasteiger partial charge in [-0.15, -0.1) is 0 Å². The van der Waals surface area contributed by atoms with Gasteiger partial charge in [0.2, 0.25) is 5.91 Å². The summed E-state index contributed by atoms with van der Waals surface area (Å²) in [4.78, 5) is 16.9. The molecular formula is C21H19ClFN3O2. The zero-order valence-corrected chi connectivity index (χ0v) is 16.2. The van der Waals surface area contributed by atoms with Gasteiger partial charge < -0.3 is 14.6 Å². The normalized spacial score (nSPS) is 12.1. The lowest BCUT2D eigenvalue weighted by Gasteiger charge is -2.18. The van der Waals surface area contributed by atoms with Crippen molar-refractivity contribution in [1.29, 1.82) is 0 Å². The van der Waals surface area contributed by atoms with Crippen LogP contribution >= 0.6 is 11.6 Å². The molecule has 144 valence electrons. The number of methoxy groups -OCH3 is 1. The average molecular weight is 400 g/mol. The Kier molecular flexibility index (Phi) is 6.11. The molecule has 7 heteroatoms. The van der Waals surface area contributed by atoms with E-state index in [9.17, 15) is 9.18 Å². The maximum absolute atomic E-state index is 13.3. The number of benzene rings is 2. The van der Waals surface area contributed by atoms with Crippen molar-refractivity contribution >= 4 is 23.6 Å². The molecule has 3 rings (SSSR count). The van der Waals surface area contributed by atoms with Crippen molar-refractivity contribution in [3.63, 3.8) is 0 Å². The molecule has 3 aromatic rings. The molecular weight excluding hydrogens is 381 g/mol. The predicted octanol–water partition coefficient (Wildman–Crippen LogP) is 4.14. The largest absolute Gasteiger partial charge is 0.496 e. The van der Waals surface area contributed by atoms with Crippen LogP contribution < -0.4 is 10.1 Å². The van der Waals surface area contributed by atoms with Crippen molar-refractivity contribution in [2.24, 2.45) is 7.05 Å². The number of imidazole rings is 1. The van der Waals surface area contributed by atoms with Gasteiger partial charge >= 0.3 is 0 Å². The summed E-state index contributed by atoms with van der Waals surface area (Å²) in [5, 5.41) is 3.45. The molecule has 0 aliphatic carbocycles. The molecule has 28 heavy (non-hydrogen) atoms. The molecule has 0 fully saturated rings. The first kappa shape index (κ1) is 19.6. The predicted molar refractivity (Wildman–Crippen MR) is 107 cm³/mol. The summed E-state index contributed by atoms with van der Waals surface area (Å²) in [6.45, 7) is 0. The number of ether oxygens (including phenoxy) is 1. The van der Waals surface area contributed by atoms with Crippen LogP contribution in [0.4, 0.5) is 4.39 Å². The second kappa shape index (κ2) is 8.71. The number of halogens is 2. The van der Waals surface area contributed by atoms with Gasteiger partial charge in [-0.2, -0.15) is 0 Å². The lowest BCUT2D eigenvalue weighted by Crippen LogP contribution is -2.29. The van der Waals surface area contributed by atoms with Crippen LogP contribution in [0.5, 0.6) is 5.75 Å². The Balaban J connectivity index is 1.85. The van der Waals surface area contributed by atoms with Crippen LogP contribution in [-0.4, -0.2) is 22.6 Å². The first-order valence-electron chi connectivity index (χ1n) is 8.52. The molecule has 2 aromatic carbocycles. The zero-order chi connectivity index (χ0) is 20.1. The van der Waals surface area contributed by atoms with E-state index >= 15 is 0 Å². The standard InChI is InChI=1S/C21H19ClFN3O2/c1-26-12-11-24-21(26)20(14-3-7-17(23)8-4-14)25-19(27)10-5-15-13-16(22)6-9-18(15)28-2/h3-13,20H,1-2H3,(H,25,27). The van der Waals surface area contributed by atoms with Crippen LogP contribution in [0.3, 0.4) is 0 Å². The number of hydrogen-bond donors (Lipinski definition) is 1. The van der Waals surface area contributed by atoms with Crippen LogP contribution in [0.15, 0.2) is 60.9 Å². The summed E-state index contributed by atoms with van der Waals surface area (Å²) in [5.74, 6) is 0.558. The van der Waals surface area contributed by atoms with Crippen LogP contribution in [0, 0.1) is 5.82 Å². The Bertz CT molecular complexity index is 999. The molecule has 0 bridgehead atoms. The lowest BCUT2D eigenvalue weighted by atomic mass is 10.1. The lowest BCUT2D eigenvalue weighted by molar-refractivity contribution is -0.117. The van der Waals surface area contributed by atoms with Gasteiger partial charge in [-0.05, 0) is 42.0 Å². The Morgan fingerprint density at radius 1 is 1.29 bits per heavy atom. The summed E-state index contributed by atoms with van der Waals surface area (Å²) >= 11 is 6.02. The van der Waals surface area contributed by atoms with E-state index in [0.717, 1.165) is 5.56 Å². The van der Waals surface area contributed by atoms with Gasteiger partial charge in [0.15, 0.2) is 0 Å². The number of nitrogens with one attached hydrogen (secondary N) is 1. The average Bonchev–Trinajstić information content (AvgIpc) is 3.11. The second-order valence-corrected chi connectivity index (χ2v) is 6.55. The van der Waals surface area contributed by atoms with Crippen LogP contribution in [0.2, 0.25) is 5.02 Å². The smallest absolute Gasteiger partial charge is 0.244 e. The number of aryl methyl sites for hydroxylation is 1. The highest BCUT2D eigenvalue weighted by molar-refractivity contribution is 6.30. The van der Waals surface area contributed by atoms with E-state index in [1.807, 2.05) is 7.05 Å². The summed E-state index contributed by atoms with van der Waals surface area (Å²) in [7, 11) is 3.38. The Morgan fingerprint density at radius 3 is 2.68 bits per heavy atom. The minimum absolute atomic E-state index is 0.334. The highest BCUT2D eigenvalue weighted by atomic mass is 35.5. The summed E-state index contributed by atoms with van der Waals surface area (Å²) < 4.78 is 20.4. The van der Waals surface area contributed by atoms with E-state index in [4.69, 9.17) is 16.3 Å². The Morgan fingerprint density at radius 2 is 2.04 bits per heavy atom. The van der Waals surface area contributed by atoms with Crippen molar-refractivity contribution in [1.82, 2.24) is 14.9 Å². The monoisotopic (exact) mass is 399 g/mol. The van der Waals surface area contributed by atoms with Gasteiger partial charge in [-0.25, -0.2) is 9.37 Å². The fraction of sp³-hybridized carbons (Fsp3) is 0.143. The molecule has 1 N–H and O–H groups in total. The topological polar surface area (TPSA) is 56.1 Å². The van der Waals surface area contributed by atoms with Crippen LogP contribution in [-0.2, 0) is 11.8 Å². The zero-order valence-electron chi connectivity index (χ0n) is 15.4. The maximum Gasteiger partial charge on any atom is 0.244 e. The molecule has 0 saturated heterocycles. The quantitative estimate of drug-likeness (QED) is 0.634. The van der Waals surface area contributed by atoms with Crippen molar-refractivity contribution in [2.45, 2.75) is 6.04 Å².